The number of allylic oxidation sites excluding steroid dienone is 2. The Hall–Kier alpha value is -0.801. The molecule has 0 heterocycles. The second-order valence-electron chi connectivity index (χ2n) is 7.82. The van der Waals surface area contributed by atoms with Crippen LogP contribution in [0, 0.1) is 0 Å². The Balaban J connectivity index is -0.000000411. The van der Waals surface area contributed by atoms with Gasteiger partial charge >= 0.3 is 0 Å². The van der Waals surface area contributed by atoms with Crippen LogP contribution in [0.3, 0.4) is 0 Å². The molecule has 5 heteroatoms. The summed E-state index contributed by atoms with van der Waals surface area (Å²) in [6.45, 7) is 12.9. The minimum absolute atomic E-state index is 0. The minimum Gasteiger partial charge on any atom is -0.684 e. The smallest absolute Gasteiger partial charge is 0.00550 e. The van der Waals surface area contributed by atoms with Crippen molar-refractivity contribution in [2.45, 2.75) is 92.2 Å². The standard InChI is InChI=1S/2C11H23N2.Mn/c2*1-6-7-8-11(9-13(4)5)12-10(2)3;/h2*9-10H,6-8H2,1-5H3;/q2*-1;/b2*11-9-;. The fourth-order valence-electron chi connectivity index (χ4n) is 2.30. The molecule has 27 heavy (non-hydrogen) atoms. The molecule has 0 N–H and O–H groups in total. The monoisotopic (exact) mass is 421 g/mol. The molecule has 0 aliphatic carbocycles. The molecule has 1 radical (unpaired) electrons. The van der Waals surface area contributed by atoms with Gasteiger partial charge < -0.3 is 20.4 Å². The Kier molecular flexibility index (Phi) is 22.8. The van der Waals surface area contributed by atoms with E-state index < -0.39 is 0 Å². The Bertz CT molecular complexity index is 339. The van der Waals surface area contributed by atoms with Gasteiger partial charge in [0.2, 0.25) is 0 Å². The molecule has 0 atom stereocenters. The molecule has 4 nitrogen and oxygen atoms in total. The van der Waals surface area contributed by atoms with Crippen LogP contribution < -0.4 is 0 Å². The van der Waals surface area contributed by atoms with Crippen molar-refractivity contribution in [2.24, 2.45) is 0 Å². The molecule has 0 spiro atoms. The summed E-state index contributed by atoms with van der Waals surface area (Å²) in [6, 6.07) is 0.811. The van der Waals surface area contributed by atoms with E-state index in [1.807, 2.05) is 28.2 Å². The van der Waals surface area contributed by atoms with Crippen molar-refractivity contribution in [1.29, 1.82) is 0 Å². The first-order chi connectivity index (χ1) is 12.1. The number of nitrogens with zero attached hydrogens (tertiary/aromatic N) is 4. The van der Waals surface area contributed by atoms with E-state index >= 15 is 0 Å². The van der Waals surface area contributed by atoms with Crippen LogP contribution >= 0.6 is 0 Å². The quantitative estimate of drug-likeness (QED) is 0.328. The van der Waals surface area contributed by atoms with Gasteiger partial charge in [-0.2, -0.15) is 0 Å². The van der Waals surface area contributed by atoms with Gasteiger partial charge in [0.1, 0.15) is 0 Å². The molecular weight excluding hydrogens is 375 g/mol. The molecule has 0 aliphatic heterocycles. The summed E-state index contributed by atoms with van der Waals surface area (Å²) >= 11 is 0. The van der Waals surface area contributed by atoms with Gasteiger partial charge in [0.25, 0.3) is 0 Å². The zero-order chi connectivity index (χ0) is 20.5. The van der Waals surface area contributed by atoms with Crippen molar-refractivity contribution in [1.82, 2.24) is 9.80 Å². The van der Waals surface area contributed by atoms with Crippen molar-refractivity contribution >= 4 is 0 Å². The van der Waals surface area contributed by atoms with E-state index in [9.17, 15) is 0 Å². The van der Waals surface area contributed by atoms with Crippen LogP contribution in [0.2, 0.25) is 0 Å². The molecule has 0 aromatic rings. The van der Waals surface area contributed by atoms with Gasteiger partial charge in [-0.3, -0.25) is 0 Å². The molecule has 163 valence electrons. The Morgan fingerprint density at radius 1 is 0.704 bits per heavy atom. The first kappa shape index (κ1) is 30.9. The van der Waals surface area contributed by atoms with E-state index in [-0.39, 0.29) is 17.1 Å². The molecule has 0 aromatic heterocycles. The van der Waals surface area contributed by atoms with Gasteiger partial charge in [-0.1, -0.05) is 67.2 Å². The summed E-state index contributed by atoms with van der Waals surface area (Å²) in [5.41, 5.74) is 2.45. The fourth-order valence-corrected chi connectivity index (χ4v) is 2.30. The van der Waals surface area contributed by atoms with Crippen LogP contribution in [0.5, 0.6) is 0 Å². The Morgan fingerprint density at radius 3 is 1.19 bits per heavy atom. The summed E-state index contributed by atoms with van der Waals surface area (Å²) in [5.74, 6) is 0. The summed E-state index contributed by atoms with van der Waals surface area (Å²) < 4.78 is 0. The van der Waals surface area contributed by atoms with Gasteiger partial charge in [-0.15, -0.1) is 23.5 Å². The molecule has 0 saturated heterocycles. The fraction of sp³-hybridized carbons (Fsp3) is 0.818. The molecule has 0 bridgehead atoms. The maximum Gasteiger partial charge on any atom is 0.00550 e. The van der Waals surface area contributed by atoms with Gasteiger partial charge in [-0.05, 0) is 25.2 Å². The van der Waals surface area contributed by atoms with Crippen LogP contribution in [0.4, 0.5) is 0 Å². The first-order valence-electron chi connectivity index (χ1n) is 10.3. The summed E-state index contributed by atoms with van der Waals surface area (Å²) in [4.78, 5) is 4.13. The maximum absolute atomic E-state index is 4.57. The maximum atomic E-state index is 4.57. The van der Waals surface area contributed by atoms with Crippen LogP contribution in [-0.2, 0) is 17.1 Å². The normalized spacial score (nSPS) is 11.6. The van der Waals surface area contributed by atoms with Crippen LogP contribution in [-0.4, -0.2) is 50.1 Å². The Labute approximate surface area is 181 Å². The topological polar surface area (TPSA) is 34.7 Å². The van der Waals surface area contributed by atoms with Crippen molar-refractivity contribution < 1.29 is 17.1 Å². The zero-order valence-electron chi connectivity index (χ0n) is 19.7. The third kappa shape index (κ3) is 25.2. The van der Waals surface area contributed by atoms with E-state index in [1.165, 1.54) is 37.1 Å². The van der Waals surface area contributed by atoms with Gasteiger partial charge in [-0.25, -0.2) is 0 Å². The largest absolute Gasteiger partial charge is 0.684 e. The average molecular weight is 422 g/mol. The third-order valence-corrected chi connectivity index (χ3v) is 3.24. The van der Waals surface area contributed by atoms with Crippen molar-refractivity contribution in [3.8, 4) is 0 Å². The van der Waals surface area contributed by atoms with Crippen molar-refractivity contribution in [2.75, 3.05) is 28.2 Å². The number of unbranched alkanes of at least 4 members (excludes halogenated alkanes) is 2. The molecule has 0 aromatic carbocycles. The van der Waals surface area contributed by atoms with E-state index in [4.69, 9.17) is 0 Å². The minimum atomic E-state index is 0. The zero-order valence-corrected chi connectivity index (χ0v) is 20.9. The summed E-state index contributed by atoms with van der Waals surface area (Å²) in [5, 5.41) is 9.15. The second kappa shape index (κ2) is 19.9. The molecule has 0 unspecified atom stereocenters. The SMILES string of the molecule is CCCC/C(=C/N(C)C)[N-]C(C)C.CCCC/C(=C/N(C)C)[N-]C(C)C.[Mn]. The predicted octanol–water partition coefficient (Wildman–Crippen LogP) is 6.72. The molecule has 0 amide bonds. The molecule has 0 saturated carbocycles. The van der Waals surface area contributed by atoms with Crippen LogP contribution in [0.15, 0.2) is 23.8 Å². The van der Waals surface area contributed by atoms with Gasteiger partial charge in [0.05, 0.1) is 0 Å². The molecular formula is C22H46MnN4-2. The molecule has 0 aliphatic rings. The van der Waals surface area contributed by atoms with Crippen LogP contribution in [0.25, 0.3) is 10.6 Å². The van der Waals surface area contributed by atoms with Crippen LogP contribution in [0.1, 0.15) is 80.1 Å². The third-order valence-electron chi connectivity index (χ3n) is 3.24. The van der Waals surface area contributed by atoms with E-state index in [0.29, 0.717) is 12.1 Å². The summed E-state index contributed by atoms with van der Waals surface area (Å²) in [6.07, 6.45) is 11.4. The van der Waals surface area contributed by atoms with Crippen molar-refractivity contribution in [3.63, 3.8) is 0 Å². The average Bonchev–Trinajstić information content (AvgIpc) is 2.48. The Morgan fingerprint density at radius 2 is 1.00 bits per heavy atom. The second-order valence-corrected chi connectivity index (χ2v) is 7.82. The predicted molar refractivity (Wildman–Crippen MR) is 120 cm³/mol. The van der Waals surface area contributed by atoms with Gasteiger partial charge in [0, 0.05) is 45.3 Å². The van der Waals surface area contributed by atoms with Crippen molar-refractivity contribution in [3.05, 3.63) is 34.4 Å². The molecule has 0 fully saturated rings. The summed E-state index contributed by atoms with van der Waals surface area (Å²) in [7, 11) is 8.17. The number of hydrogen-bond acceptors (Lipinski definition) is 2. The first-order valence-corrected chi connectivity index (χ1v) is 10.3. The van der Waals surface area contributed by atoms with E-state index in [2.05, 4.69) is 74.4 Å². The number of rotatable bonds is 12. The van der Waals surface area contributed by atoms with Gasteiger partial charge in [0.15, 0.2) is 0 Å². The number of hydrogen-bond donors (Lipinski definition) is 0. The van der Waals surface area contributed by atoms with E-state index in [1.54, 1.807) is 0 Å². The van der Waals surface area contributed by atoms with E-state index in [0.717, 1.165) is 12.8 Å². The molecule has 0 rings (SSSR count).